The minimum Gasteiger partial charge on any atom is -0.388 e. The Morgan fingerprint density at radius 3 is 2.47 bits per heavy atom. The van der Waals surface area contributed by atoms with Gasteiger partial charge in [-0.1, -0.05) is 23.8 Å². The molecule has 1 nitrogen and oxygen atoms in total. The molecule has 100 valence electrons. The van der Waals surface area contributed by atoms with Gasteiger partial charge in [-0.15, -0.1) is 0 Å². The zero-order chi connectivity index (χ0) is 14.0. The van der Waals surface area contributed by atoms with Crippen molar-refractivity contribution < 1.29 is 13.9 Å². The number of aryl methyl sites for hydroxylation is 2. The van der Waals surface area contributed by atoms with Gasteiger partial charge in [-0.25, -0.2) is 8.78 Å². The molecule has 1 atom stereocenters. The largest absolute Gasteiger partial charge is 0.388 e. The molecule has 0 aromatic heterocycles. The van der Waals surface area contributed by atoms with Crippen LogP contribution in [0.1, 0.15) is 28.4 Å². The maximum atomic E-state index is 13.7. The summed E-state index contributed by atoms with van der Waals surface area (Å²) < 4.78 is 26.7. The van der Waals surface area contributed by atoms with Crippen LogP contribution in [0.4, 0.5) is 8.78 Å². The van der Waals surface area contributed by atoms with E-state index in [-0.39, 0.29) is 17.8 Å². The Balaban J connectivity index is 2.25. The van der Waals surface area contributed by atoms with Gasteiger partial charge >= 0.3 is 0 Å². The second kappa shape index (κ2) is 5.49. The predicted octanol–water partition coefficient (Wildman–Crippen LogP) is 3.86. The lowest BCUT2D eigenvalue weighted by Gasteiger charge is -2.14. The van der Waals surface area contributed by atoms with Crippen LogP contribution in [0.5, 0.6) is 0 Å². The van der Waals surface area contributed by atoms with E-state index in [1.807, 2.05) is 6.92 Å². The Morgan fingerprint density at radius 1 is 1.05 bits per heavy atom. The molecular weight excluding hydrogens is 246 g/mol. The summed E-state index contributed by atoms with van der Waals surface area (Å²) in [4.78, 5) is 0. The molecule has 0 saturated carbocycles. The number of benzene rings is 2. The first-order valence-electron chi connectivity index (χ1n) is 6.16. The zero-order valence-corrected chi connectivity index (χ0v) is 11.0. The Kier molecular flexibility index (Phi) is 3.96. The molecule has 0 aliphatic carbocycles. The molecule has 0 bridgehead atoms. The van der Waals surface area contributed by atoms with Crippen LogP contribution in [0.15, 0.2) is 36.4 Å². The van der Waals surface area contributed by atoms with Crippen molar-refractivity contribution in [3.63, 3.8) is 0 Å². The van der Waals surface area contributed by atoms with E-state index < -0.39 is 11.9 Å². The van der Waals surface area contributed by atoms with Crippen LogP contribution < -0.4 is 0 Å². The van der Waals surface area contributed by atoms with Crippen LogP contribution in [0.3, 0.4) is 0 Å². The molecule has 2 rings (SSSR count). The number of halogens is 2. The topological polar surface area (TPSA) is 20.2 Å². The van der Waals surface area contributed by atoms with E-state index in [4.69, 9.17) is 0 Å². The van der Waals surface area contributed by atoms with Crippen LogP contribution in [0, 0.1) is 25.5 Å². The van der Waals surface area contributed by atoms with Crippen molar-refractivity contribution in [1.29, 1.82) is 0 Å². The van der Waals surface area contributed by atoms with Crippen LogP contribution in [0.25, 0.3) is 0 Å². The third-order valence-corrected chi connectivity index (χ3v) is 3.23. The van der Waals surface area contributed by atoms with Crippen LogP contribution in [0.2, 0.25) is 0 Å². The summed E-state index contributed by atoms with van der Waals surface area (Å²) in [6, 6.07) is 9.04. The molecule has 19 heavy (non-hydrogen) atoms. The molecule has 0 saturated heterocycles. The predicted molar refractivity (Wildman–Crippen MR) is 70.9 cm³/mol. The first-order valence-corrected chi connectivity index (χ1v) is 6.16. The highest BCUT2D eigenvalue weighted by Crippen LogP contribution is 2.24. The van der Waals surface area contributed by atoms with Gasteiger partial charge in [0.25, 0.3) is 0 Å². The highest BCUT2D eigenvalue weighted by Gasteiger charge is 2.14. The first-order chi connectivity index (χ1) is 8.97. The Hall–Kier alpha value is -1.74. The quantitative estimate of drug-likeness (QED) is 0.890. The maximum absolute atomic E-state index is 13.7. The van der Waals surface area contributed by atoms with Crippen molar-refractivity contribution in [3.8, 4) is 0 Å². The van der Waals surface area contributed by atoms with Gasteiger partial charge in [0.1, 0.15) is 11.6 Å². The third kappa shape index (κ3) is 3.18. The van der Waals surface area contributed by atoms with E-state index in [2.05, 4.69) is 0 Å². The van der Waals surface area contributed by atoms with Crippen molar-refractivity contribution in [2.45, 2.75) is 26.4 Å². The molecule has 0 aliphatic rings. The molecule has 3 heteroatoms. The highest BCUT2D eigenvalue weighted by atomic mass is 19.1. The fourth-order valence-electron chi connectivity index (χ4n) is 2.13. The number of aliphatic hydroxyl groups is 1. The zero-order valence-electron chi connectivity index (χ0n) is 11.0. The summed E-state index contributed by atoms with van der Waals surface area (Å²) in [5.41, 5.74) is 2.75. The van der Waals surface area contributed by atoms with Gasteiger partial charge in [-0.05, 0) is 43.2 Å². The Morgan fingerprint density at radius 2 is 1.79 bits per heavy atom. The smallest absolute Gasteiger partial charge is 0.129 e. The molecule has 2 aromatic rings. The van der Waals surface area contributed by atoms with E-state index in [0.29, 0.717) is 0 Å². The lowest BCUT2D eigenvalue weighted by Crippen LogP contribution is -2.06. The van der Waals surface area contributed by atoms with Gasteiger partial charge in [0.15, 0.2) is 0 Å². The number of rotatable bonds is 3. The van der Waals surface area contributed by atoms with Gasteiger partial charge in [0, 0.05) is 12.0 Å². The molecule has 0 radical (unpaired) electrons. The molecular formula is C16H16F2O. The summed E-state index contributed by atoms with van der Waals surface area (Å²) in [6.07, 6.45) is -0.656. The van der Waals surface area contributed by atoms with Gasteiger partial charge in [-0.2, -0.15) is 0 Å². The lowest BCUT2D eigenvalue weighted by atomic mass is 9.97. The van der Waals surface area contributed by atoms with Crippen molar-refractivity contribution in [2.24, 2.45) is 0 Å². The minimum atomic E-state index is -0.927. The second-order valence-corrected chi connectivity index (χ2v) is 4.82. The molecule has 0 heterocycles. The average Bonchev–Trinajstić information content (AvgIpc) is 2.35. The highest BCUT2D eigenvalue weighted by molar-refractivity contribution is 5.31. The monoisotopic (exact) mass is 262 g/mol. The van der Waals surface area contributed by atoms with Crippen LogP contribution in [-0.2, 0) is 6.42 Å². The van der Waals surface area contributed by atoms with Crippen LogP contribution in [-0.4, -0.2) is 5.11 Å². The minimum absolute atomic E-state index is 0.270. The van der Waals surface area contributed by atoms with E-state index in [0.717, 1.165) is 16.7 Å². The van der Waals surface area contributed by atoms with E-state index in [1.165, 1.54) is 18.2 Å². The molecule has 2 aromatic carbocycles. The average molecular weight is 262 g/mol. The molecule has 0 aliphatic heterocycles. The van der Waals surface area contributed by atoms with Crippen molar-refractivity contribution in [1.82, 2.24) is 0 Å². The maximum Gasteiger partial charge on any atom is 0.129 e. The van der Waals surface area contributed by atoms with E-state index >= 15 is 0 Å². The second-order valence-electron chi connectivity index (χ2n) is 4.82. The lowest BCUT2D eigenvalue weighted by molar-refractivity contribution is 0.173. The third-order valence-electron chi connectivity index (χ3n) is 3.23. The van der Waals surface area contributed by atoms with E-state index in [9.17, 15) is 13.9 Å². The van der Waals surface area contributed by atoms with Crippen molar-refractivity contribution in [3.05, 3.63) is 70.3 Å². The number of hydrogen-bond acceptors (Lipinski definition) is 1. The van der Waals surface area contributed by atoms with Crippen molar-refractivity contribution >= 4 is 0 Å². The molecule has 0 spiro atoms. The normalized spacial score (nSPS) is 12.5. The Bertz CT molecular complexity index is 593. The summed E-state index contributed by atoms with van der Waals surface area (Å²) >= 11 is 0. The molecule has 0 fully saturated rings. The van der Waals surface area contributed by atoms with E-state index in [1.54, 1.807) is 25.1 Å². The van der Waals surface area contributed by atoms with Gasteiger partial charge in [0.05, 0.1) is 6.10 Å². The number of aliphatic hydroxyl groups excluding tert-OH is 1. The molecule has 1 unspecified atom stereocenters. The SMILES string of the molecule is Cc1ccc(F)c(C(O)Cc2ccc(F)cc2C)c1. The van der Waals surface area contributed by atoms with Crippen molar-refractivity contribution in [2.75, 3.05) is 0 Å². The standard InChI is InChI=1S/C16H16F2O/c1-10-3-6-15(18)14(7-10)16(19)9-12-4-5-13(17)8-11(12)2/h3-8,16,19H,9H2,1-2H3. The summed E-state index contributed by atoms with van der Waals surface area (Å²) in [5, 5.41) is 10.1. The summed E-state index contributed by atoms with van der Waals surface area (Å²) in [7, 11) is 0. The molecule has 1 N–H and O–H groups in total. The van der Waals surface area contributed by atoms with Crippen LogP contribution >= 0.6 is 0 Å². The fraction of sp³-hybridized carbons (Fsp3) is 0.250. The van der Waals surface area contributed by atoms with Gasteiger partial charge in [-0.3, -0.25) is 0 Å². The van der Waals surface area contributed by atoms with Gasteiger partial charge < -0.3 is 5.11 Å². The Labute approximate surface area is 111 Å². The molecule has 0 amide bonds. The van der Waals surface area contributed by atoms with Gasteiger partial charge in [0.2, 0.25) is 0 Å². The first kappa shape index (κ1) is 13.7. The summed E-state index contributed by atoms with van der Waals surface area (Å²) in [5.74, 6) is -0.727. The fourth-order valence-corrected chi connectivity index (χ4v) is 2.13. The summed E-state index contributed by atoms with van der Waals surface area (Å²) in [6.45, 7) is 3.62. The number of hydrogen-bond donors (Lipinski definition) is 1.